The molecule has 0 aromatic heterocycles. The summed E-state index contributed by atoms with van der Waals surface area (Å²) < 4.78 is 5.30. The summed E-state index contributed by atoms with van der Waals surface area (Å²) in [6, 6.07) is 9.45. The zero-order chi connectivity index (χ0) is 12.8. The van der Waals surface area contributed by atoms with Crippen molar-refractivity contribution in [1.82, 2.24) is 5.32 Å². The quantitative estimate of drug-likeness (QED) is 0.757. The lowest BCUT2D eigenvalue weighted by Crippen LogP contribution is -2.34. The maximum absolute atomic E-state index is 11.4. The molecule has 0 saturated carbocycles. The van der Waals surface area contributed by atoms with Crippen LogP contribution in [0.1, 0.15) is 25.5 Å². The summed E-state index contributed by atoms with van der Waals surface area (Å²) in [5.74, 6) is -0.610. The molecular weight excluding hydrogens is 218 g/mol. The summed E-state index contributed by atoms with van der Waals surface area (Å²) in [5.41, 5.74) is 0.906. The number of hydrogen-bond acceptors (Lipinski definition) is 4. The Balaban J connectivity index is 2.85. The van der Waals surface area contributed by atoms with Crippen molar-refractivity contribution >= 4 is 5.97 Å². The van der Waals surface area contributed by atoms with E-state index in [9.17, 15) is 9.90 Å². The fraction of sp³-hybridized carbons (Fsp3) is 0.462. The lowest BCUT2D eigenvalue weighted by Gasteiger charge is -2.24. The van der Waals surface area contributed by atoms with Gasteiger partial charge in [0.15, 0.2) is 0 Å². The smallest absolute Gasteiger partial charge is 0.335 e. The van der Waals surface area contributed by atoms with E-state index in [2.05, 4.69) is 5.32 Å². The van der Waals surface area contributed by atoms with Crippen LogP contribution in [-0.4, -0.2) is 30.3 Å². The lowest BCUT2D eigenvalue weighted by atomic mass is 10.0. The molecular formula is C13H19NO3. The second-order valence-electron chi connectivity index (χ2n) is 4.02. The van der Waals surface area contributed by atoms with E-state index in [-0.39, 0.29) is 6.04 Å². The SMILES string of the molecule is CN[C@@H](C)[C@@H](OC(=O)C(C)O)c1ccccc1. The highest BCUT2D eigenvalue weighted by molar-refractivity contribution is 5.74. The molecule has 1 unspecified atom stereocenters. The first-order valence-electron chi connectivity index (χ1n) is 5.67. The maximum Gasteiger partial charge on any atom is 0.335 e. The molecule has 0 spiro atoms. The van der Waals surface area contributed by atoms with Gasteiger partial charge in [-0.3, -0.25) is 0 Å². The second-order valence-corrected chi connectivity index (χ2v) is 4.02. The summed E-state index contributed by atoms with van der Waals surface area (Å²) in [6.07, 6.45) is -1.51. The number of esters is 1. The topological polar surface area (TPSA) is 58.6 Å². The van der Waals surface area contributed by atoms with Crippen molar-refractivity contribution in [3.05, 3.63) is 35.9 Å². The summed E-state index contributed by atoms with van der Waals surface area (Å²) in [4.78, 5) is 11.4. The van der Waals surface area contributed by atoms with Gasteiger partial charge in [0.25, 0.3) is 0 Å². The molecule has 1 aromatic rings. The third-order valence-electron chi connectivity index (χ3n) is 2.62. The monoisotopic (exact) mass is 237 g/mol. The molecule has 0 radical (unpaired) electrons. The molecule has 0 fully saturated rings. The van der Waals surface area contributed by atoms with Crippen molar-refractivity contribution < 1.29 is 14.6 Å². The summed E-state index contributed by atoms with van der Waals surface area (Å²) in [5, 5.41) is 12.2. The largest absolute Gasteiger partial charge is 0.454 e. The van der Waals surface area contributed by atoms with Crippen molar-refractivity contribution in [2.24, 2.45) is 0 Å². The lowest BCUT2D eigenvalue weighted by molar-refractivity contribution is -0.159. The van der Waals surface area contributed by atoms with E-state index in [1.54, 1.807) is 7.05 Å². The maximum atomic E-state index is 11.4. The van der Waals surface area contributed by atoms with Crippen LogP contribution in [0.15, 0.2) is 30.3 Å². The standard InChI is InChI=1S/C13H19NO3/c1-9(14-3)12(17-13(16)10(2)15)11-7-5-4-6-8-11/h4-10,12,14-15H,1-3H3/t9-,10?,12+/m0/s1. The Morgan fingerprint density at radius 2 is 1.88 bits per heavy atom. The minimum Gasteiger partial charge on any atom is -0.454 e. The zero-order valence-electron chi connectivity index (χ0n) is 10.4. The first-order chi connectivity index (χ1) is 8.06. The predicted octanol–water partition coefficient (Wildman–Crippen LogP) is 1.26. The Hall–Kier alpha value is -1.39. The number of aliphatic hydroxyl groups is 1. The minimum atomic E-state index is -1.11. The van der Waals surface area contributed by atoms with Crippen molar-refractivity contribution in [2.75, 3.05) is 7.05 Å². The fourth-order valence-corrected chi connectivity index (χ4v) is 1.48. The number of hydrogen-bond donors (Lipinski definition) is 2. The fourth-order valence-electron chi connectivity index (χ4n) is 1.48. The van der Waals surface area contributed by atoms with Crippen LogP contribution in [0.3, 0.4) is 0 Å². The molecule has 4 heteroatoms. The van der Waals surface area contributed by atoms with Crippen LogP contribution in [0.4, 0.5) is 0 Å². The van der Waals surface area contributed by atoms with Crippen LogP contribution in [0, 0.1) is 0 Å². The molecule has 0 aliphatic heterocycles. The van der Waals surface area contributed by atoms with E-state index in [0.717, 1.165) is 5.56 Å². The number of ether oxygens (including phenoxy) is 1. The van der Waals surface area contributed by atoms with Gasteiger partial charge in [-0.1, -0.05) is 30.3 Å². The van der Waals surface area contributed by atoms with Gasteiger partial charge in [0.2, 0.25) is 0 Å². The van der Waals surface area contributed by atoms with Gasteiger partial charge in [0.05, 0.1) is 0 Å². The summed E-state index contributed by atoms with van der Waals surface area (Å²) >= 11 is 0. The van der Waals surface area contributed by atoms with Gasteiger partial charge in [-0.05, 0) is 26.5 Å². The van der Waals surface area contributed by atoms with Crippen LogP contribution in [0.2, 0.25) is 0 Å². The highest BCUT2D eigenvalue weighted by Crippen LogP contribution is 2.21. The molecule has 0 bridgehead atoms. The molecule has 0 aliphatic rings. The molecule has 17 heavy (non-hydrogen) atoms. The molecule has 0 heterocycles. The van der Waals surface area contributed by atoms with Crippen molar-refractivity contribution in [2.45, 2.75) is 32.1 Å². The number of rotatable bonds is 5. The number of likely N-dealkylation sites (N-methyl/N-ethyl adjacent to an activating group) is 1. The molecule has 2 N–H and O–H groups in total. The number of carbonyl (C=O) groups is 1. The number of benzene rings is 1. The van der Waals surface area contributed by atoms with Crippen molar-refractivity contribution in [3.8, 4) is 0 Å². The Morgan fingerprint density at radius 3 is 2.35 bits per heavy atom. The molecule has 1 rings (SSSR count). The third kappa shape index (κ3) is 3.84. The molecule has 0 aliphatic carbocycles. The highest BCUT2D eigenvalue weighted by Gasteiger charge is 2.24. The van der Waals surface area contributed by atoms with Gasteiger partial charge in [-0.25, -0.2) is 4.79 Å². The van der Waals surface area contributed by atoms with E-state index in [1.807, 2.05) is 37.3 Å². The average Bonchev–Trinajstić information content (AvgIpc) is 2.35. The van der Waals surface area contributed by atoms with E-state index >= 15 is 0 Å². The number of nitrogens with one attached hydrogen (secondary N) is 1. The van der Waals surface area contributed by atoms with Gasteiger partial charge < -0.3 is 15.2 Å². The molecule has 3 atom stereocenters. The molecule has 0 saturated heterocycles. The normalized spacial score (nSPS) is 16.0. The molecule has 1 aromatic carbocycles. The number of carbonyl (C=O) groups excluding carboxylic acids is 1. The van der Waals surface area contributed by atoms with Gasteiger partial charge >= 0.3 is 5.97 Å². The van der Waals surface area contributed by atoms with Crippen LogP contribution < -0.4 is 5.32 Å². The van der Waals surface area contributed by atoms with E-state index < -0.39 is 18.2 Å². The van der Waals surface area contributed by atoms with Gasteiger partial charge in [-0.2, -0.15) is 0 Å². The Morgan fingerprint density at radius 1 is 1.29 bits per heavy atom. The Bertz CT molecular complexity index is 351. The average molecular weight is 237 g/mol. The molecule has 94 valence electrons. The third-order valence-corrected chi connectivity index (χ3v) is 2.62. The Kier molecular flexibility index (Phi) is 5.12. The van der Waals surface area contributed by atoms with Crippen molar-refractivity contribution in [3.63, 3.8) is 0 Å². The van der Waals surface area contributed by atoms with Crippen LogP contribution in [0.5, 0.6) is 0 Å². The minimum absolute atomic E-state index is 0.0277. The molecule has 4 nitrogen and oxygen atoms in total. The van der Waals surface area contributed by atoms with E-state index in [4.69, 9.17) is 4.74 Å². The van der Waals surface area contributed by atoms with Crippen molar-refractivity contribution in [1.29, 1.82) is 0 Å². The second kappa shape index (κ2) is 6.37. The van der Waals surface area contributed by atoms with Gasteiger partial charge in [0.1, 0.15) is 12.2 Å². The van der Waals surface area contributed by atoms with Gasteiger partial charge in [0, 0.05) is 6.04 Å². The number of aliphatic hydroxyl groups excluding tert-OH is 1. The Labute approximate surface area is 102 Å². The predicted molar refractivity (Wildman–Crippen MR) is 65.5 cm³/mol. The molecule has 0 amide bonds. The van der Waals surface area contributed by atoms with Crippen LogP contribution >= 0.6 is 0 Å². The zero-order valence-corrected chi connectivity index (χ0v) is 10.4. The van der Waals surface area contributed by atoms with Crippen LogP contribution in [-0.2, 0) is 9.53 Å². The van der Waals surface area contributed by atoms with Gasteiger partial charge in [-0.15, -0.1) is 0 Å². The first kappa shape index (κ1) is 13.7. The van der Waals surface area contributed by atoms with E-state index in [1.165, 1.54) is 6.92 Å². The summed E-state index contributed by atoms with van der Waals surface area (Å²) in [6.45, 7) is 3.32. The highest BCUT2D eigenvalue weighted by atomic mass is 16.6. The van der Waals surface area contributed by atoms with E-state index in [0.29, 0.717) is 0 Å². The van der Waals surface area contributed by atoms with Crippen LogP contribution in [0.25, 0.3) is 0 Å². The summed E-state index contributed by atoms with van der Waals surface area (Å²) in [7, 11) is 1.80. The first-order valence-corrected chi connectivity index (χ1v) is 5.67.